The van der Waals surface area contributed by atoms with E-state index in [1.165, 1.54) is 11.1 Å². The summed E-state index contributed by atoms with van der Waals surface area (Å²) in [4.78, 5) is 0. The summed E-state index contributed by atoms with van der Waals surface area (Å²) < 4.78 is 1.08. The molecule has 0 aromatic heterocycles. The van der Waals surface area contributed by atoms with E-state index >= 15 is 0 Å². The van der Waals surface area contributed by atoms with Crippen LogP contribution < -0.4 is 11.1 Å². The van der Waals surface area contributed by atoms with Gasteiger partial charge in [0, 0.05) is 16.0 Å². The highest BCUT2D eigenvalue weighted by Gasteiger charge is 2.02. The van der Waals surface area contributed by atoms with Gasteiger partial charge in [-0.3, -0.25) is 0 Å². The Morgan fingerprint density at radius 1 is 1.22 bits per heavy atom. The minimum absolute atomic E-state index is 0.650. The minimum atomic E-state index is 0.650. The van der Waals surface area contributed by atoms with Gasteiger partial charge in [0.2, 0.25) is 0 Å². The topological polar surface area (TPSA) is 38.0 Å². The number of nitrogens with one attached hydrogen (secondary N) is 1. The molecule has 0 saturated heterocycles. The number of benzene rings is 2. The van der Waals surface area contributed by atoms with Crippen LogP contribution in [0.4, 0.5) is 11.4 Å². The first kappa shape index (κ1) is 13.2. The van der Waals surface area contributed by atoms with Gasteiger partial charge in [-0.05, 0) is 48.4 Å². The lowest BCUT2D eigenvalue weighted by atomic mass is 10.1. The molecular weight excluding hydrogens is 312 g/mol. The molecule has 0 bridgehead atoms. The lowest BCUT2D eigenvalue weighted by molar-refractivity contribution is 1.12. The summed E-state index contributed by atoms with van der Waals surface area (Å²) >= 11 is 9.34. The maximum atomic E-state index is 5.90. The molecule has 2 nitrogen and oxygen atoms in total. The van der Waals surface area contributed by atoms with E-state index in [9.17, 15) is 0 Å². The number of rotatable bonds is 3. The van der Waals surface area contributed by atoms with Gasteiger partial charge in [-0.15, -0.1) is 0 Å². The molecule has 3 N–H and O–H groups in total. The molecule has 2 aromatic rings. The maximum absolute atomic E-state index is 5.90. The average molecular weight is 326 g/mol. The third kappa shape index (κ3) is 3.18. The molecule has 2 rings (SSSR count). The molecule has 4 heteroatoms. The zero-order valence-electron chi connectivity index (χ0n) is 10.0. The van der Waals surface area contributed by atoms with E-state index in [1.54, 1.807) is 6.07 Å². The van der Waals surface area contributed by atoms with E-state index in [4.69, 9.17) is 17.3 Å². The van der Waals surface area contributed by atoms with Crippen molar-refractivity contribution in [3.63, 3.8) is 0 Å². The van der Waals surface area contributed by atoms with Crippen LogP contribution in [0.1, 0.15) is 11.1 Å². The lowest BCUT2D eigenvalue weighted by Crippen LogP contribution is -2.03. The number of hydrogen-bond acceptors (Lipinski definition) is 2. The SMILES string of the molecule is Cc1ccc(Br)cc1CNc1ccc(Cl)cc1N. The molecule has 0 radical (unpaired) electrons. The largest absolute Gasteiger partial charge is 0.397 e. The summed E-state index contributed by atoms with van der Waals surface area (Å²) in [5.41, 5.74) is 9.94. The first-order valence-electron chi connectivity index (χ1n) is 5.60. The van der Waals surface area contributed by atoms with Crippen LogP contribution >= 0.6 is 27.5 Å². The number of hydrogen-bond donors (Lipinski definition) is 2. The minimum Gasteiger partial charge on any atom is -0.397 e. The number of aryl methyl sites for hydroxylation is 1. The second-order valence-electron chi connectivity index (χ2n) is 4.16. The standard InChI is InChI=1S/C14H14BrClN2/c1-9-2-3-11(15)6-10(9)8-18-14-5-4-12(16)7-13(14)17/h2-7,18H,8,17H2,1H3. The molecule has 2 aromatic carbocycles. The first-order valence-corrected chi connectivity index (χ1v) is 6.77. The van der Waals surface area contributed by atoms with E-state index in [1.807, 2.05) is 18.2 Å². The van der Waals surface area contributed by atoms with Gasteiger partial charge in [0.05, 0.1) is 11.4 Å². The van der Waals surface area contributed by atoms with Crippen molar-refractivity contribution in [2.75, 3.05) is 11.1 Å². The van der Waals surface area contributed by atoms with E-state index in [0.717, 1.165) is 16.7 Å². The number of anilines is 2. The predicted octanol–water partition coefficient (Wildman–Crippen LogP) is 4.61. The van der Waals surface area contributed by atoms with Crippen molar-refractivity contribution in [1.29, 1.82) is 0 Å². The van der Waals surface area contributed by atoms with Gasteiger partial charge in [-0.25, -0.2) is 0 Å². The first-order chi connectivity index (χ1) is 8.56. The summed E-state index contributed by atoms with van der Waals surface area (Å²) in [6.45, 7) is 2.83. The molecule has 0 fully saturated rings. The molecule has 18 heavy (non-hydrogen) atoms. The summed E-state index contributed by atoms with van der Waals surface area (Å²) in [7, 11) is 0. The van der Waals surface area contributed by atoms with Crippen molar-refractivity contribution in [2.45, 2.75) is 13.5 Å². The molecule has 94 valence electrons. The van der Waals surface area contributed by atoms with E-state index < -0.39 is 0 Å². The highest BCUT2D eigenvalue weighted by molar-refractivity contribution is 9.10. The molecule has 0 saturated carbocycles. The number of nitrogen functional groups attached to an aromatic ring is 1. The summed E-state index contributed by atoms with van der Waals surface area (Å²) in [5, 5.41) is 3.97. The normalized spacial score (nSPS) is 10.4. The van der Waals surface area contributed by atoms with Crippen molar-refractivity contribution in [3.05, 3.63) is 57.0 Å². The van der Waals surface area contributed by atoms with E-state index in [2.05, 4.69) is 40.3 Å². The highest BCUT2D eigenvalue weighted by atomic mass is 79.9. The Labute approximate surface area is 120 Å². The van der Waals surface area contributed by atoms with Crippen LogP contribution in [0.5, 0.6) is 0 Å². The molecule has 0 spiro atoms. The average Bonchev–Trinajstić information content (AvgIpc) is 2.32. The molecule has 0 atom stereocenters. The fourth-order valence-corrected chi connectivity index (χ4v) is 2.30. The van der Waals surface area contributed by atoms with Crippen molar-refractivity contribution in [2.24, 2.45) is 0 Å². The van der Waals surface area contributed by atoms with Crippen molar-refractivity contribution in [3.8, 4) is 0 Å². The van der Waals surface area contributed by atoms with Crippen LogP contribution in [0.2, 0.25) is 5.02 Å². The van der Waals surface area contributed by atoms with Gasteiger partial charge in [0.1, 0.15) is 0 Å². The van der Waals surface area contributed by atoms with Crippen molar-refractivity contribution in [1.82, 2.24) is 0 Å². The zero-order chi connectivity index (χ0) is 13.1. The highest BCUT2D eigenvalue weighted by Crippen LogP contribution is 2.24. The molecule has 0 aliphatic carbocycles. The predicted molar refractivity (Wildman–Crippen MR) is 82.1 cm³/mol. The van der Waals surface area contributed by atoms with Crippen molar-refractivity contribution >= 4 is 38.9 Å². The Kier molecular flexibility index (Phi) is 4.15. The second-order valence-corrected chi connectivity index (χ2v) is 5.51. The van der Waals surface area contributed by atoms with Crippen LogP contribution in [0, 0.1) is 6.92 Å². The van der Waals surface area contributed by atoms with Gasteiger partial charge in [-0.2, -0.15) is 0 Å². The van der Waals surface area contributed by atoms with Crippen LogP contribution in [-0.2, 0) is 6.54 Å². The Bertz CT molecular complexity index is 570. The summed E-state index contributed by atoms with van der Waals surface area (Å²) in [5.74, 6) is 0. The Balaban J connectivity index is 2.13. The van der Waals surface area contributed by atoms with Crippen LogP contribution in [0.25, 0.3) is 0 Å². The molecule has 0 aliphatic heterocycles. The molecular formula is C14H14BrClN2. The molecule has 0 amide bonds. The van der Waals surface area contributed by atoms with E-state index in [-0.39, 0.29) is 0 Å². The summed E-state index contributed by atoms with van der Waals surface area (Å²) in [6, 6.07) is 11.7. The van der Waals surface area contributed by atoms with Gasteiger partial charge in [-0.1, -0.05) is 33.6 Å². The quantitative estimate of drug-likeness (QED) is 0.809. The number of nitrogens with two attached hydrogens (primary N) is 1. The van der Waals surface area contributed by atoms with Gasteiger partial charge in [0.25, 0.3) is 0 Å². The van der Waals surface area contributed by atoms with Gasteiger partial charge < -0.3 is 11.1 Å². The fourth-order valence-electron chi connectivity index (χ4n) is 1.72. The Morgan fingerprint density at radius 3 is 2.72 bits per heavy atom. The Morgan fingerprint density at radius 2 is 2.00 bits per heavy atom. The maximum Gasteiger partial charge on any atom is 0.0577 e. The van der Waals surface area contributed by atoms with Crippen LogP contribution in [0.3, 0.4) is 0 Å². The molecule has 0 heterocycles. The van der Waals surface area contributed by atoms with E-state index in [0.29, 0.717) is 10.7 Å². The second kappa shape index (κ2) is 5.63. The lowest BCUT2D eigenvalue weighted by Gasteiger charge is -2.11. The smallest absolute Gasteiger partial charge is 0.0577 e. The van der Waals surface area contributed by atoms with Crippen LogP contribution in [-0.4, -0.2) is 0 Å². The monoisotopic (exact) mass is 324 g/mol. The van der Waals surface area contributed by atoms with Crippen molar-refractivity contribution < 1.29 is 0 Å². The third-order valence-electron chi connectivity index (χ3n) is 2.79. The third-order valence-corrected chi connectivity index (χ3v) is 3.52. The Hall–Kier alpha value is -1.19. The molecule has 0 unspecified atom stereocenters. The zero-order valence-corrected chi connectivity index (χ0v) is 12.3. The molecule has 0 aliphatic rings. The van der Waals surface area contributed by atoms with Crippen LogP contribution in [0.15, 0.2) is 40.9 Å². The number of halogens is 2. The van der Waals surface area contributed by atoms with Gasteiger partial charge in [0.15, 0.2) is 0 Å². The summed E-state index contributed by atoms with van der Waals surface area (Å²) in [6.07, 6.45) is 0. The fraction of sp³-hybridized carbons (Fsp3) is 0.143. The van der Waals surface area contributed by atoms with Gasteiger partial charge >= 0.3 is 0 Å².